The maximum Gasteiger partial charge on any atom is 0.240 e. The first-order valence-electron chi connectivity index (χ1n) is 6.98. The maximum atomic E-state index is 12.2. The second-order valence-corrected chi connectivity index (χ2v) is 8.11. The van der Waals surface area contributed by atoms with Gasteiger partial charge >= 0.3 is 0 Å². The molecule has 2 atom stereocenters. The molecule has 0 radical (unpaired) electrons. The Balaban J connectivity index is 2.57. The Hall–Kier alpha value is -0.620. The van der Waals surface area contributed by atoms with Crippen LogP contribution in [0.3, 0.4) is 0 Å². The maximum absolute atomic E-state index is 12.2. The highest BCUT2D eigenvalue weighted by molar-refractivity contribution is 7.92. The normalized spacial score (nSPS) is 24.2. The minimum absolute atomic E-state index is 0.0400. The van der Waals surface area contributed by atoms with Crippen molar-refractivity contribution in [1.29, 1.82) is 0 Å². The van der Waals surface area contributed by atoms with E-state index in [1.54, 1.807) is 7.05 Å². The van der Waals surface area contributed by atoms with Crippen LogP contribution in [-0.4, -0.2) is 49.9 Å². The molecule has 2 N–H and O–H groups in total. The number of rotatable bonds is 5. The molecule has 1 saturated heterocycles. The average Bonchev–Trinajstić information content (AvgIpc) is 2.33. The summed E-state index contributed by atoms with van der Waals surface area (Å²) in [6.07, 6.45) is 2.65. The number of amides is 1. The van der Waals surface area contributed by atoms with Crippen LogP contribution in [0.4, 0.5) is 0 Å². The molecule has 1 aliphatic heterocycles. The fraction of sp³-hybridized carbons (Fsp3) is 0.923. The van der Waals surface area contributed by atoms with Crippen LogP contribution in [0.5, 0.6) is 0 Å². The van der Waals surface area contributed by atoms with Gasteiger partial charge in [-0.3, -0.25) is 4.79 Å². The molecular weight excluding hydrogens is 264 g/mol. The molecule has 1 heterocycles. The van der Waals surface area contributed by atoms with E-state index >= 15 is 0 Å². The molecule has 5 nitrogen and oxygen atoms in total. The van der Waals surface area contributed by atoms with Crippen LogP contribution in [0.25, 0.3) is 0 Å². The molecule has 6 heteroatoms. The second-order valence-electron chi connectivity index (χ2n) is 5.81. The number of nitrogens with zero attached hydrogens (tertiary/aromatic N) is 1. The molecule has 112 valence electrons. The molecule has 0 aromatic heterocycles. The lowest BCUT2D eigenvalue weighted by Crippen LogP contribution is -2.45. The van der Waals surface area contributed by atoms with Crippen molar-refractivity contribution >= 4 is 15.7 Å². The van der Waals surface area contributed by atoms with Gasteiger partial charge < -0.3 is 10.6 Å². The van der Waals surface area contributed by atoms with Gasteiger partial charge in [-0.1, -0.05) is 20.3 Å². The van der Waals surface area contributed by atoms with E-state index in [1.807, 2.05) is 13.8 Å². The summed E-state index contributed by atoms with van der Waals surface area (Å²) in [6, 6.07) is 0.0400. The van der Waals surface area contributed by atoms with Crippen LogP contribution in [0.1, 0.15) is 39.5 Å². The van der Waals surface area contributed by atoms with Gasteiger partial charge in [-0.2, -0.15) is 0 Å². The lowest BCUT2D eigenvalue weighted by atomic mass is 10.0. The Morgan fingerprint density at radius 3 is 2.53 bits per heavy atom. The van der Waals surface area contributed by atoms with Gasteiger partial charge in [-0.15, -0.1) is 0 Å². The quantitative estimate of drug-likeness (QED) is 0.811. The predicted octanol–water partition coefficient (Wildman–Crippen LogP) is 0.785. The number of sulfone groups is 1. The molecule has 2 unspecified atom stereocenters. The molecule has 1 fully saturated rings. The number of nitrogens with two attached hydrogens (primary N) is 1. The molecule has 1 amide bonds. The molecule has 1 rings (SSSR count). The Morgan fingerprint density at radius 1 is 1.37 bits per heavy atom. The van der Waals surface area contributed by atoms with E-state index in [0.29, 0.717) is 31.7 Å². The van der Waals surface area contributed by atoms with Crippen molar-refractivity contribution in [2.24, 2.45) is 11.7 Å². The van der Waals surface area contributed by atoms with Crippen LogP contribution >= 0.6 is 0 Å². The van der Waals surface area contributed by atoms with Crippen molar-refractivity contribution in [3.8, 4) is 0 Å². The van der Waals surface area contributed by atoms with Crippen LogP contribution in [0.2, 0.25) is 0 Å². The summed E-state index contributed by atoms with van der Waals surface area (Å²) in [5.41, 5.74) is 5.94. The van der Waals surface area contributed by atoms with E-state index in [2.05, 4.69) is 0 Å². The zero-order chi connectivity index (χ0) is 14.6. The third kappa shape index (κ3) is 4.45. The van der Waals surface area contributed by atoms with Gasteiger partial charge in [0.05, 0.1) is 5.75 Å². The van der Waals surface area contributed by atoms with Crippen molar-refractivity contribution in [1.82, 2.24) is 4.90 Å². The monoisotopic (exact) mass is 290 g/mol. The third-order valence-corrected chi connectivity index (χ3v) is 6.05. The second kappa shape index (κ2) is 6.70. The first-order valence-corrected chi connectivity index (χ1v) is 8.69. The summed E-state index contributed by atoms with van der Waals surface area (Å²) in [5.74, 6) is 0.237. The molecule has 19 heavy (non-hydrogen) atoms. The first kappa shape index (κ1) is 16.4. The Bertz CT molecular complexity index is 406. The van der Waals surface area contributed by atoms with Crippen LogP contribution in [-0.2, 0) is 14.6 Å². The van der Waals surface area contributed by atoms with Crippen molar-refractivity contribution in [3.05, 3.63) is 0 Å². The van der Waals surface area contributed by atoms with Gasteiger partial charge in [0.25, 0.3) is 0 Å². The highest BCUT2D eigenvalue weighted by atomic mass is 32.2. The lowest BCUT2D eigenvalue weighted by molar-refractivity contribution is -0.129. The number of carbonyl (C=O) groups is 1. The zero-order valence-corrected chi connectivity index (χ0v) is 12.9. The number of carbonyl (C=O) groups excluding carboxylic acids is 1. The van der Waals surface area contributed by atoms with Crippen molar-refractivity contribution in [2.45, 2.75) is 50.8 Å². The first-order chi connectivity index (χ1) is 8.75. The number of hydrogen-bond acceptors (Lipinski definition) is 4. The summed E-state index contributed by atoms with van der Waals surface area (Å²) in [7, 11) is -1.58. The van der Waals surface area contributed by atoms with E-state index in [0.717, 1.165) is 6.42 Å². The lowest BCUT2D eigenvalue weighted by Gasteiger charge is -2.27. The Morgan fingerprint density at radius 2 is 2.00 bits per heavy atom. The van der Waals surface area contributed by atoms with E-state index in [1.165, 1.54) is 4.90 Å². The van der Waals surface area contributed by atoms with Gasteiger partial charge in [-0.25, -0.2) is 8.42 Å². The van der Waals surface area contributed by atoms with E-state index < -0.39 is 15.1 Å². The average molecular weight is 290 g/mol. The van der Waals surface area contributed by atoms with Gasteiger partial charge in [-0.05, 0) is 25.2 Å². The van der Waals surface area contributed by atoms with Crippen LogP contribution < -0.4 is 5.73 Å². The molecular formula is C13H26N2O3S. The predicted molar refractivity (Wildman–Crippen MR) is 76.5 cm³/mol. The van der Waals surface area contributed by atoms with Gasteiger partial charge in [0.2, 0.25) is 5.91 Å². The van der Waals surface area contributed by atoms with Crippen molar-refractivity contribution in [3.63, 3.8) is 0 Å². The van der Waals surface area contributed by atoms with Crippen LogP contribution in [0.15, 0.2) is 0 Å². The van der Waals surface area contributed by atoms with E-state index in [9.17, 15) is 13.2 Å². The third-order valence-electron chi connectivity index (χ3n) is 3.88. The van der Waals surface area contributed by atoms with Gasteiger partial charge in [0, 0.05) is 19.6 Å². The van der Waals surface area contributed by atoms with Crippen molar-refractivity contribution in [2.75, 3.05) is 19.3 Å². The molecule has 0 aliphatic carbocycles. The van der Waals surface area contributed by atoms with Crippen molar-refractivity contribution < 1.29 is 13.2 Å². The molecule has 0 bridgehead atoms. The van der Waals surface area contributed by atoms with Gasteiger partial charge in [0.15, 0.2) is 9.84 Å². The topological polar surface area (TPSA) is 80.5 Å². The standard InChI is InChI=1S/C13H26N2O3S/c1-10(2)11(14)7-8-15(3)13(16)12-6-4-5-9-19(12,17)18/h10-12H,4-9,14H2,1-3H3. The fourth-order valence-corrected chi connectivity index (χ4v) is 4.17. The molecule has 1 aliphatic rings. The van der Waals surface area contributed by atoms with Crippen LogP contribution in [0, 0.1) is 5.92 Å². The largest absolute Gasteiger partial charge is 0.345 e. The molecule has 0 saturated carbocycles. The minimum atomic E-state index is -3.25. The Kier molecular flexibility index (Phi) is 5.80. The smallest absolute Gasteiger partial charge is 0.240 e. The number of hydrogen-bond donors (Lipinski definition) is 1. The molecule has 0 aromatic carbocycles. The summed E-state index contributed by atoms with van der Waals surface area (Å²) in [5, 5.41) is -0.832. The summed E-state index contributed by atoms with van der Waals surface area (Å²) in [4.78, 5) is 13.7. The summed E-state index contributed by atoms with van der Waals surface area (Å²) < 4.78 is 23.8. The van der Waals surface area contributed by atoms with E-state index in [-0.39, 0.29) is 17.7 Å². The summed E-state index contributed by atoms with van der Waals surface area (Å²) >= 11 is 0. The molecule has 0 spiro atoms. The summed E-state index contributed by atoms with van der Waals surface area (Å²) in [6.45, 7) is 4.60. The fourth-order valence-electron chi connectivity index (χ4n) is 2.26. The highest BCUT2D eigenvalue weighted by Gasteiger charge is 2.36. The molecule has 0 aromatic rings. The SMILES string of the molecule is CC(C)C(N)CCN(C)C(=O)C1CCCCS1(=O)=O. The van der Waals surface area contributed by atoms with Gasteiger partial charge in [0.1, 0.15) is 5.25 Å². The van der Waals surface area contributed by atoms with E-state index in [4.69, 9.17) is 5.73 Å². The minimum Gasteiger partial charge on any atom is -0.345 e. The zero-order valence-electron chi connectivity index (χ0n) is 12.1. The Labute approximate surface area is 116 Å². The highest BCUT2D eigenvalue weighted by Crippen LogP contribution is 2.21.